The molecule has 192 valence electrons. The van der Waals surface area contributed by atoms with Crippen LogP contribution < -0.4 is 14.8 Å². The molecule has 0 aliphatic carbocycles. The van der Waals surface area contributed by atoms with Crippen LogP contribution in [0.15, 0.2) is 60.8 Å². The van der Waals surface area contributed by atoms with Crippen molar-refractivity contribution in [2.75, 3.05) is 29.4 Å². The summed E-state index contributed by atoms with van der Waals surface area (Å²) in [7, 11) is -3.38. The molecule has 12 heteroatoms. The van der Waals surface area contributed by atoms with Gasteiger partial charge in [-0.15, -0.1) is 0 Å². The molecule has 0 bridgehead atoms. The van der Waals surface area contributed by atoms with Gasteiger partial charge in [-0.1, -0.05) is 17.7 Å². The number of anilines is 2. The van der Waals surface area contributed by atoms with E-state index in [2.05, 4.69) is 25.0 Å². The molecule has 0 saturated carbocycles. The number of benzene rings is 2. The summed E-state index contributed by atoms with van der Waals surface area (Å²) < 4.78 is 31.2. The third kappa shape index (κ3) is 6.30. The van der Waals surface area contributed by atoms with Gasteiger partial charge in [-0.3, -0.25) is 9.52 Å². The highest BCUT2D eigenvalue weighted by molar-refractivity contribution is 7.92. The van der Waals surface area contributed by atoms with Crippen LogP contribution in [0.25, 0.3) is 10.9 Å². The van der Waals surface area contributed by atoms with Gasteiger partial charge in [0.1, 0.15) is 11.4 Å². The van der Waals surface area contributed by atoms with Crippen molar-refractivity contribution in [2.45, 2.75) is 18.9 Å². The Balaban J connectivity index is 1.18. The number of ether oxygens (including phenoxy) is 1. The van der Waals surface area contributed by atoms with Gasteiger partial charge in [-0.25, -0.2) is 13.4 Å². The second kappa shape index (κ2) is 10.3. The number of amides is 1. The lowest BCUT2D eigenvalue weighted by atomic mass is 10.0. The highest BCUT2D eigenvalue weighted by atomic mass is 35.5. The van der Waals surface area contributed by atoms with E-state index in [0.717, 1.165) is 30.0 Å². The number of fused-ring (bicyclic) bond motifs is 1. The Morgan fingerprint density at radius 2 is 1.95 bits per heavy atom. The van der Waals surface area contributed by atoms with E-state index in [9.17, 15) is 13.2 Å². The van der Waals surface area contributed by atoms with Crippen molar-refractivity contribution in [3.63, 3.8) is 0 Å². The Kier molecular flexibility index (Phi) is 6.90. The zero-order chi connectivity index (χ0) is 26.0. The number of hydrogen-bond donors (Lipinski definition) is 3. The largest absolute Gasteiger partial charge is 0.439 e. The Hall–Kier alpha value is -3.83. The SMILES string of the molecule is CS(=O)(=O)Nc1ccc2[nH]c(C(=O)N3CCC(Nc4nccc(Oc5cccc(Cl)c5)n4)CC3)cc2c1. The number of nitrogens with one attached hydrogen (secondary N) is 3. The first-order valence-corrected chi connectivity index (χ1v) is 13.9. The van der Waals surface area contributed by atoms with E-state index in [1.165, 1.54) is 0 Å². The van der Waals surface area contributed by atoms with Crippen LogP contribution in [0.4, 0.5) is 11.6 Å². The average Bonchev–Trinajstić information content (AvgIpc) is 3.27. The van der Waals surface area contributed by atoms with Crippen molar-refractivity contribution in [3.05, 3.63) is 71.5 Å². The molecule has 3 heterocycles. The normalized spacial score (nSPS) is 14.5. The molecule has 10 nitrogen and oxygen atoms in total. The Morgan fingerprint density at radius 3 is 2.70 bits per heavy atom. The fourth-order valence-electron chi connectivity index (χ4n) is 4.23. The zero-order valence-electron chi connectivity index (χ0n) is 19.9. The summed E-state index contributed by atoms with van der Waals surface area (Å²) in [5, 5.41) is 4.67. The van der Waals surface area contributed by atoms with Gasteiger partial charge >= 0.3 is 0 Å². The summed E-state index contributed by atoms with van der Waals surface area (Å²) in [5.41, 5.74) is 1.67. The van der Waals surface area contributed by atoms with Crippen molar-refractivity contribution in [1.82, 2.24) is 19.9 Å². The summed E-state index contributed by atoms with van der Waals surface area (Å²) in [4.78, 5) is 26.8. The summed E-state index contributed by atoms with van der Waals surface area (Å²) in [6.07, 6.45) is 4.19. The van der Waals surface area contributed by atoms with Crippen LogP contribution in [0.3, 0.4) is 0 Å². The lowest BCUT2D eigenvalue weighted by molar-refractivity contribution is 0.0713. The van der Waals surface area contributed by atoms with Crippen molar-refractivity contribution in [1.29, 1.82) is 0 Å². The molecule has 1 saturated heterocycles. The molecule has 0 unspecified atom stereocenters. The van der Waals surface area contributed by atoms with Crippen molar-refractivity contribution in [3.8, 4) is 11.6 Å². The van der Waals surface area contributed by atoms with Gasteiger partial charge in [0.2, 0.25) is 21.9 Å². The number of likely N-dealkylation sites (tertiary alicyclic amines) is 1. The Bertz CT molecular complexity index is 1550. The molecule has 3 N–H and O–H groups in total. The quantitative estimate of drug-likeness (QED) is 0.315. The molecule has 2 aromatic carbocycles. The van der Waals surface area contributed by atoms with E-state index in [1.807, 2.05) is 0 Å². The number of carbonyl (C=O) groups is 1. The van der Waals surface area contributed by atoms with Crippen LogP contribution in [-0.2, 0) is 10.0 Å². The lowest BCUT2D eigenvalue weighted by Crippen LogP contribution is -2.42. The van der Waals surface area contributed by atoms with Crippen LogP contribution in [0, 0.1) is 0 Å². The van der Waals surface area contributed by atoms with E-state index >= 15 is 0 Å². The third-order valence-electron chi connectivity index (χ3n) is 5.92. The second-order valence-corrected chi connectivity index (χ2v) is 11.0. The molecule has 1 amide bonds. The van der Waals surface area contributed by atoms with Gasteiger partial charge in [-0.05, 0) is 55.3 Å². The molecule has 0 radical (unpaired) electrons. The number of H-pyrrole nitrogens is 1. The van der Waals surface area contributed by atoms with Crippen LogP contribution >= 0.6 is 11.6 Å². The monoisotopic (exact) mass is 540 g/mol. The Morgan fingerprint density at radius 1 is 1.14 bits per heavy atom. The number of piperidine rings is 1. The Labute approximate surface area is 219 Å². The maximum absolute atomic E-state index is 13.1. The van der Waals surface area contributed by atoms with Gasteiger partial charge in [0.15, 0.2) is 0 Å². The molecule has 1 aliphatic heterocycles. The number of nitrogens with zero attached hydrogens (tertiary/aromatic N) is 3. The molecule has 0 spiro atoms. The van der Waals surface area contributed by atoms with Crippen molar-refractivity contribution in [2.24, 2.45) is 0 Å². The van der Waals surface area contributed by atoms with Gasteiger partial charge in [0.25, 0.3) is 5.91 Å². The first-order chi connectivity index (χ1) is 17.7. The minimum Gasteiger partial charge on any atom is -0.439 e. The van der Waals surface area contributed by atoms with E-state index in [0.29, 0.717) is 47.1 Å². The van der Waals surface area contributed by atoms with Gasteiger partial charge in [-0.2, -0.15) is 4.98 Å². The number of sulfonamides is 1. The predicted molar refractivity (Wildman–Crippen MR) is 143 cm³/mol. The number of halogens is 1. The minimum absolute atomic E-state index is 0.0968. The molecule has 2 aromatic heterocycles. The highest BCUT2D eigenvalue weighted by Gasteiger charge is 2.25. The van der Waals surface area contributed by atoms with E-state index < -0.39 is 10.0 Å². The van der Waals surface area contributed by atoms with Gasteiger partial charge in [0, 0.05) is 53.0 Å². The predicted octanol–water partition coefficient (Wildman–Crippen LogP) is 4.49. The standard InChI is InChI=1S/C25H25ClN6O4S/c1-37(34,35)31-19-5-6-21-16(13-19)14-22(29-21)24(33)32-11-8-18(9-12-32)28-25-27-10-7-23(30-25)36-20-4-2-3-17(26)15-20/h2-7,10,13-15,18,29,31H,8-9,11-12H2,1H3,(H,27,28,30). The first kappa shape index (κ1) is 24.8. The number of aromatic nitrogens is 3. The van der Waals surface area contributed by atoms with Crippen LogP contribution in [0.5, 0.6) is 11.6 Å². The fraction of sp³-hybridized carbons (Fsp3) is 0.240. The molecule has 0 atom stereocenters. The molecular weight excluding hydrogens is 516 g/mol. The topological polar surface area (TPSA) is 129 Å². The van der Waals surface area contributed by atoms with E-state index in [-0.39, 0.29) is 11.9 Å². The first-order valence-electron chi connectivity index (χ1n) is 11.6. The third-order valence-corrected chi connectivity index (χ3v) is 6.76. The molecule has 1 fully saturated rings. The van der Waals surface area contributed by atoms with Crippen molar-refractivity contribution >= 4 is 50.1 Å². The maximum atomic E-state index is 13.1. The summed E-state index contributed by atoms with van der Waals surface area (Å²) in [6.45, 7) is 1.15. The lowest BCUT2D eigenvalue weighted by Gasteiger charge is -2.32. The molecule has 1 aliphatic rings. The molecule has 5 rings (SSSR count). The van der Waals surface area contributed by atoms with E-state index in [4.69, 9.17) is 16.3 Å². The molecular formula is C25H25ClN6O4S. The number of rotatable bonds is 7. The molecule has 4 aromatic rings. The second-order valence-electron chi connectivity index (χ2n) is 8.85. The maximum Gasteiger partial charge on any atom is 0.270 e. The average molecular weight is 541 g/mol. The fourth-order valence-corrected chi connectivity index (χ4v) is 4.96. The zero-order valence-corrected chi connectivity index (χ0v) is 21.5. The number of carbonyl (C=O) groups excluding carboxylic acids is 1. The van der Waals surface area contributed by atoms with Crippen LogP contribution in [0.1, 0.15) is 23.3 Å². The number of hydrogen-bond acceptors (Lipinski definition) is 7. The van der Waals surface area contributed by atoms with Crippen LogP contribution in [0.2, 0.25) is 5.02 Å². The number of aromatic amines is 1. The summed E-state index contributed by atoms with van der Waals surface area (Å²) >= 11 is 6.01. The minimum atomic E-state index is -3.38. The summed E-state index contributed by atoms with van der Waals surface area (Å²) in [6, 6.07) is 15.7. The smallest absolute Gasteiger partial charge is 0.270 e. The van der Waals surface area contributed by atoms with Crippen LogP contribution in [-0.4, -0.2) is 59.6 Å². The summed E-state index contributed by atoms with van der Waals surface area (Å²) in [5.74, 6) is 1.35. The van der Waals surface area contributed by atoms with E-state index in [1.54, 1.807) is 65.7 Å². The van der Waals surface area contributed by atoms with Gasteiger partial charge in [0.05, 0.1) is 6.26 Å². The molecule has 37 heavy (non-hydrogen) atoms. The highest BCUT2D eigenvalue weighted by Crippen LogP contribution is 2.25. The van der Waals surface area contributed by atoms with Crippen molar-refractivity contribution < 1.29 is 17.9 Å². The van der Waals surface area contributed by atoms with Gasteiger partial charge < -0.3 is 19.9 Å².